The van der Waals surface area contributed by atoms with Gasteiger partial charge < -0.3 is 10.1 Å². The molecule has 2 aromatic carbocycles. The third-order valence-electron chi connectivity index (χ3n) is 4.94. The van der Waals surface area contributed by atoms with E-state index in [0.717, 1.165) is 23.2 Å². The molecule has 0 saturated carbocycles. The molecule has 1 atom stereocenters. The Bertz CT molecular complexity index is 1100. The lowest BCUT2D eigenvalue weighted by Gasteiger charge is -2.15. The van der Waals surface area contributed by atoms with Crippen LogP contribution in [0.4, 0.5) is 17.1 Å². The van der Waals surface area contributed by atoms with Crippen LogP contribution in [0, 0.1) is 24.0 Å². The molecule has 2 aromatic rings. The molecule has 3 rings (SSSR count). The fraction of sp³-hybridized carbons (Fsp3) is 0.348. The van der Waals surface area contributed by atoms with E-state index in [4.69, 9.17) is 9.73 Å². The number of nitrogens with zero attached hydrogens (tertiary/aromatic N) is 3. The van der Waals surface area contributed by atoms with Crippen LogP contribution in [0.25, 0.3) is 0 Å². The molecule has 1 unspecified atom stereocenters. The van der Waals surface area contributed by atoms with Crippen LogP contribution in [-0.2, 0) is 9.59 Å². The number of nitrogens with one attached hydrogen (secondary N) is 1. The van der Waals surface area contributed by atoms with E-state index < -0.39 is 16.1 Å². The van der Waals surface area contributed by atoms with E-state index in [9.17, 15) is 19.7 Å². The number of nitro groups is 1. The average Bonchev–Trinajstić information content (AvgIpc) is 3.02. The van der Waals surface area contributed by atoms with Gasteiger partial charge in [0, 0.05) is 19.0 Å². The SMILES string of the molecule is CCCN1C(=O)C(CC(=O)Nc2ccc([N+](=O)[O-])cc2OC)SC1=Nc1cc(C)cc(C)c1. The third-order valence-corrected chi connectivity index (χ3v) is 6.11. The number of aliphatic imine (C=N–C) groups is 1. The van der Waals surface area contributed by atoms with Crippen molar-refractivity contribution in [1.82, 2.24) is 4.90 Å². The molecule has 33 heavy (non-hydrogen) atoms. The molecule has 0 bridgehead atoms. The fourth-order valence-corrected chi connectivity index (χ4v) is 4.73. The van der Waals surface area contributed by atoms with Crippen LogP contribution >= 0.6 is 11.8 Å². The number of non-ortho nitro benzene ring substituents is 1. The molecular formula is C23H26N4O5S. The van der Waals surface area contributed by atoms with Crippen LogP contribution in [0.5, 0.6) is 5.75 Å². The van der Waals surface area contributed by atoms with Crippen LogP contribution in [-0.4, -0.2) is 45.7 Å². The summed E-state index contributed by atoms with van der Waals surface area (Å²) in [6.07, 6.45) is 0.701. The van der Waals surface area contributed by atoms with Crippen LogP contribution in [0.2, 0.25) is 0 Å². The van der Waals surface area contributed by atoms with Crippen molar-refractivity contribution in [1.29, 1.82) is 0 Å². The predicted molar refractivity (Wildman–Crippen MR) is 129 cm³/mol. The summed E-state index contributed by atoms with van der Waals surface area (Å²) in [6, 6.07) is 9.90. The number of carbonyl (C=O) groups excluding carboxylic acids is 2. The first kappa shape index (κ1) is 24.2. The molecule has 1 aliphatic heterocycles. The lowest BCUT2D eigenvalue weighted by molar-refractivity contribution is -0.384. The van der Waals surface area contributed by atoms with Crippen LogP contribution < -0.4 is 10.1 Å². The number of carbonyl (C=O) groups is 2. The number of rotatable bonds is 8. The zero-order valence-corrected chi connectivity index (χ0v) is 19.8. The minimum absolute atomic E-state index is 0.0598. The summed E-state index contributed by atoms with van der Waals surface area (Å²) >= 11 is 1.27. The van der Waals surface area contributed by atoms with Crippen molar-refractivity contribution < 1.29 is 19.2 Å². The van der Waals surface area contributed by atoms with Crippen molar-refractivity contribution in [3.05, 3.63) is 57.6 Å². The highest BCUT2D eigenvalue weighted by Gasteiger charge is 2.38. The number of benzene rings is 2. The number of hydrogen-bond donors (Lipinski definition) is 1. The van der Waals surface area contributed by atoms with Crippen molar-refractivity contribution in [3.8, 4) is 5.75 Å². The predicted octanol–water partition coefficient (Wildman–Crippen LogP) is 4.59. The lowest BCUT2D eigenvalue weighted by Crippen LogP contribution is -2.34. The largest absolute Gasteiger partial charge is 0.494 e. The summed E-state index contributed by atoms with van der Waals surface area (Å²) in [5.41, 5.74) is 3.09. The molecule has 1 saturated heterocycles. The molecule has 174 valence electrons. The number of methoxy groups -OCH3 is 1. The minimum atomic E-state index is -0.606. The van der Waals surface area contributed by atoms with Crippen LogP contribution in [0.1, 0.15) is 30.9 Å². The summed E-state index contributed by atoms with van der Waals surface area (Å²) in [4.78, 5) is 42.4. The number of amidine groups is 1. The van der Waals surface area contributed by atoms with Gasteiger partial charge in [-0.2, -0.15) is 0 Å². The summed E-state index contributed by atoms with van der Waals surface area (Å²) in [5, 5.41) is 13.6. The summed E-state index contributed by atoms with van der Waals surface area (Å²) < 4.78 is 5.16. The quantitative estimate of drug-likeness (QED) is 0.446. The van der Waals surface area contributed by atoms with Crippen molar-refractivity contribution in [3.63, 3.8) is 0 Å². The monoisotopic (exact) mass is 470 g/mol. The van der Waals surface area contributed by atoms with Gasteiger partial charge in [-0.25, -0.2) is 4.99 Å². The highest BCUT2D eigenvalue weighted by atomic mass is 32.2. The fourth-order valence-electron chi connectivity index (χ4n) is 3.55. The molecule has 0 aromatic heterocycles. The molecule has 1 N–H and O–H groups in total. The van der Waals surface area contributed by atoms with Gasteiger partial charge in [-0.1, -0.05) is 24.8 Å². The zero-order chi connectivity index (χ0) is 24.1. The maximum atomic E-state index is 13.0. The van der Waals surface area contributed by atoms with Crippen molar-refractivity contribution in [2.45, 2.75) is 38.9 Å². The molecular weight excluding hydrogens is 444 g/mol. The van der Waals surface area contributed by atoms with Gasteiger partial charge in [-0.15, -0.1) is 0 Å². The summed E-state index contributed by atoms with van der Waals surface area (Å²) in [7, 11) is 1.36. The van der Waals surface area contributed by atoms with Crippen LogP contribution in [0.15, 0.2) is 41.4 Å². The van der Waals surface area contributed by atoms with E-state index in [1.807, 2.05) is 32.9 Å². The van der Waals surface area contributed by atoms with E-state index in [2.05, 4.69) is 11.4 Å². The van der Waals surface area contributed by atoms with Crippen molar-refractivity contribution >= 4 is 45.8 Å². The smallest absolute Gasteiger partial charge is 0.273 e. The van der Waals surface area contributed by atoms with E-state index in [-0.39, 0.29) is 23.8 Å². The van der Waals surface area contributed by atoms with Gasteiger partial charge in [-0.3, -0.25) is 24.6 Å². The average molecular weight is 471 g/mol. The van der Waals surface area contributed by atoms with Gasteiger partial charge in [0.2, 0.25) is 11.8 Å². The molecule has 0 radical (unpaired) electrons. The summed E-state index contributed by atoms with van der Waals surface area (Å²) in [6.45, 7) is 6.48. The molecule has 0 spiro atoms. The van der Waals surface area contributed by atoms with E-state index >= 15 is 0 Å². The molecule has 1 aliphatic rings. The Kier molecular flexibility index (Phi) is 7.70. The topological polar surface area (TPSA) is 114 Å². The Morgan fingerprint density at radius 3 is 2.55 bits per heavy atom. The van der Waals surface area contributed by atoms with E-state index in [1.165, 1.54) is 37.1 Å². The second kappa shape index (κ2) is 10.5. The second-order valence-electron chi connectivity index (χ2n) is 7.73. The number of nitro benzene ring substituents is 1. The Labute approximate surface area is 196 Å². The molecule has 9 nitrogen and oxygen atoms in total. The maximum Gasteiger partial charge on any atom is 0.273 e. The van der Waals surface area contributed by atoms with Gasteiger partial charge in [0.15, 0.2) is 5.17 Å². The highest BCUT2D eigenvalue weighted by molar-refractivity contribution is 8.15. The maximum absolute atomic E-state index is 13.0. The van der Waals surface area contributed by atoms with E-state index in [1.54, 1.807) is 4.90 Å². The summed E-state index contributed by atoms with van der Waals surface area (Å²) in [5.74, 6) is -0.375. The van der Waals surface area contributed by atoms with Gasteiger partial charge in [-0.05, 0) is 49.6 Å². The number of aryl methyl sites for hydroxylation is 2. The molecule has 0 aliphatic carbocycles. The minimum Gasteiger partial charge on any atom is -0.494 e. The first-order valence-corrected chi connectivity index (χ1v) is 11.4. The Morgan fingerprint density at radius 2 is 1.94 bits per heavy atom. The third kappa shape index (κ3) is 5.89. The molecule has 1 heterocycles. The zero-order valence-electron chi connectivity index (χ0n) is 19.0. The molecule has 2 amide bonds. The number of ether oxygens (including phenoxy) is 1. The van der Waals surface area contributed by atoms with Crippen LogP contribution in [0.3, 0.4) is 0 Å². The standard InChI is InChI=1S/C23H26N4O5S/c1-5-8-26-22(29)20(33-23(26)24-16-10-14(2)9-15(3)11-16)13-21(28)25-18-7-6-17(27(30)31)12-19(18)32-4/h6-7,9-12,20H,5,8,13H2,1-4H3,(H,25,28). The first-order chi connectivity index (χ1) is 15.7. The molecule has 10 heteroatoms. The van der Waals surface area contributed by atoms with Gasteiger partial charge in [0.1, 0.15) is 11.0 Å². The first-order valence-electron chi connectivity index (χ1n) is 10.5. The van der Waals surface area contributed by atoms with Gasteiger partial charge >= 0.3 is 0 Å². The van der Waals surface area contributed by atoms with E-state index in [0.29, 0.717) is 17.4 Å². The number of anilines is 1. The van der Waals surface area contributed by atoms with Crippen molar-refractivity contribution in [2.24, 2.45) is 4.99 Å². The number of hydrogen-bond acceptors (Lipinski definition) is 7. The Morgan fingerprint density at radius 1 is 1.24 bits per heavy atom. The second-order valence-corrected chi connectivity index (χ2v) is 8.90. The van der Waals surface area contributed by atoms with Gasteiger partial charge in [0.05, 0.1) is 29.5 Å². The Balaban J connectivity index is 1.77. The number of thioether (sulfide) groups is 1. The normalized spacial score (nSPS) is 16.8. The molecule has 1 fully saturated rings. The lowest BCUT2D eigenvalue weighted by atomic mass is 10.1. The Hall–Kier alpha value is -3.40. The van der Waals surface area contributed by atoms with Gasteiger partial charge in [0.25, 0.3) is 5.69 Å². The van der Waals surface area contributed by atoms with Crippen molar-refractivity contribution in [2.75, 3.05) is 19.0 Å². The number of amides is 2. The highest BCUT2D eigenvalue weighted by Crippen LogP contribution is 2.33.